The molecule has 0 saturated heterocycles. The van der Waals surface area contributed by atoms with Crippen LogP contribution in [0.1, 0.15) is 32.1 Å². The van der Waals surface area contributed by atoms with E-state index < -0.39 is 0 Å². The maximum atomic E-state index is 11.2. The van der Waals surface area contributed by atoms with Crippen molar-refractivity contribution in [3.05, 3.63) is 0 Å². The van der Waals surface area contributed by atoms with E-state index in [9.17, 15) is 9.90 Å². The Bertz CT molecular complexity index is 219. The van der Waals surface area contributed by atoms with E-state index in [0.717, 1.165) is 12.8 Å². The van der Waals surface area contributed by atoms with Crippen molar-refractivity contribution in [3.8, 4) is 12.3 Å². The molecule has 0 heterocycles. The minimum absolute atomic E-state index is 0.00273. The molecule has 3 heteroatoms. The summed E-state index contributed by atoms with van der Waals surface area (Å²) in [5, 5.41) is 12.1. The summed E-state index contributed by atoms with van der Waals surface area (Å²) in [4.78, 5) is 11.2. The van der Waals surface area contributed by atoms with E-state index in [1.165, 1.54) is 0 Å². The van der Waals surface area contributed by atoms with E-state index in [-0.39, 0.29) is 18.1 Å². The first-order valence-corrected chi connectivity index (χ1v) is 4.63. The van der Waals surface area contributed by atoms with Crippen LogP contribution in [-0.2, 0) is 4.79 Å². The van der Waals surface area contributed by atoms with Gasteiger partial charge in [-0.05, 0) is 19.3 Å². The lowest BCUT2D eigenvalue weighted by Gasteiger charge is -2.10. The fourth-order valence-electron chi connectivity index (χ4n) is 1.57. The molecule has 72 valence electrons. The molecule has 1 aliphatic rings. The zero-order valence-corrected chi connectivity index (χ0v) is 7.62. The average Bonchev–Trinajstić information content (AvgIpc) is 2.48. The van der Waals surface area contributed by atoms with E-state index in [2.05, 4.69) is 11.2 Å². The maximum Gasteiger partial charge on any atom is 0.221 e. The maximum absolute atomic E-state index is 11.2. The minimum atomic E-state index is -0.238. The second-order valence-electron chi connectivity index (χ2n) is 3.44. The molecule has 0 aromatic carbocycles. The van der Waals surface area contributed by atoms with Crippen LogP contribution in [0.25, 0.3) is 0 Å². The molecule has 0 aliphatic heterocycles. The molecule has 2 N–H and O–H groups in total. The van der Waals surface area contributed by atoms with Gasteiger partial charge >= 0.3 is 0 Å². The normalized spacial score (nSPS) is 26.8. The topological polar surface area (TPSA) is 49.3 Å². The van der Waals surface area contributed by atoms with E-state index >= 15 is 0 Å². The first-order chi connectivity index (χ1) is 6.22. The van der Waals surface area contributed by atoms with Crippen LogP contribution in [0.15, 0.2) is 0 Å². The zero-order valence-electron chi connectivity index (χ0n) is 7.62. The van der Waals surface area contributed by atoms with Crippen LogP contribution in [-0.4, -0.2) is 23.2 Å². The van der Waals surface area contributed by atoms with Crippen LogP contribution in [0.2, 0.25) is 0 Å². The Morgan fingerprint density at radius 1 is 1.62 bits per heavy atom. The zero-order chi connectivity index (χ0) is 9.68. The van der Waals surface area contributed by atoms with Crippen LogP contribution in [0.4, 0.5) is 0 Å². The SMILES string of the molecule is C#CCCC(=O)N[C@H]1CC[C@@H](O)C1. The minimum Gasteiger partial charge on any atom is -0.393 e. The third kappa shape index (κ3) is 3.47. The van der Waals surface area contributed by atoms with Crippen molar-refractivity contribution in [1.82, 2.24) is 5.32 Å². The molecule has 0 aromatic rings. The number of aliphatic hydroxyl groups is 1. The summed E-state index contributed by atoms with van der Waals surface area (Å²) in [7, 11) is 0. The van der Waals surface area contributed by atoms with E-state index in [4.69, 9.17) is 6.42 Å². The number of carbonyl (C=O) groups excluding carboxylic acids is 1. The van der Waals surface area contributed by atoms with Gasteiger partial charge in [-0.15, -0.1) is 12.3 Å². The van der Waals surface area contributed by atoms with Crippen LogP contribution < -0.4 is 5.32 Å². The smallest absolute Gasteiger partial charge is 0.221 e. The third-order valence-corrected chi connectivity index (χ3v) is 2.27. The lowest BCUT2D eigenvalue weighted by Crippen LogP contribution is -2.32. The monoisotopic (exact) mass is 181 g/mol. The Morgan fingerprint density at radius 2 is 2.38 bits per heavy atom. The number of aliphatic hydroxyl groups excluding tert-OH is 1. The molecule has 1 aliphatic carbocycles. The van der Waals surface area contributed by atoms with E-state index in [1.807, 2.05) is 0 Å². The Morgan fingerprint density at radius 3 is 2.92 bits per heavy atom. The van der Waals surface area contributed by atoms with Gasteiger partial charge in [0.25, 0.3) is 0 Å². The largest absolute Gasteiger partial charge is 0.393 e. The van der Waals surface area contributed by atoms with Gasteiger partial charge in [0, 0.05) is 18.9 Å². The number of rotatable bonds is 3. The highest BCUT2D eigenvalue weighted by atomic mass is 16.3. The first kappa shape index (κ1) is 10.1. The fourth-order valence-corrected chi connectivity index (χ4v) is 1.57. The molecule has 0 unspecified atom stereocenters. The van der Waals surface area contributed by atoms with Crippen molar-refractivity contribution in [3.63, 3.8) is 0 Å². The molecule has 2 atom stereocenters. The van der Waals surface area contributed by atoms with Crippen molar-refractivity contribution in [1.29, 1.82) is 0 Å². The number of amides is 1. The fraction of sp³-hybridized carbons (Fsp3) is 0.700. The molecule has 1 saturated carbocycles. The highest BCUT2D eigenvalue weighted by molar-refractivity contribution is 5.76. The molecule has 1 amide bonds. The lowest BCUT2D eigenvalue weighted by atomic mass is 10.2. The standard InChI is InChI=1S/C10H15NO2/c1-2-3-4-10(13)11-8-5-6-9(12)7-8/h1,8-9,12H,3-7H2,(H,11,13)/t8-,9+/m0/s1. The average molecular weight is 181 g/mol. The Hall–Kier alpha value is -1.01. The number of hydrogen-bond donors (Lipinski definition) is 2. The van der Waals surface area contributed by atoms with Crippen molar-refractivity contribution < 1.29 is 9.90 Å². The molecule has 3 nitrogen and oxygen atoms in total. The van der Waals surface area contributed by atoms with Gasteiger partial charge in [-0.2, -0.15) is 0 Å². The Kier molecular flexibility index (Phi) is 3.78. The number of nitrogens with one attached hydrogen (secondary N) is 1. The molecule has 0 spiro atoms. The molecule has 0 bridgehead atoms. The molecular formula is C10H15NO2. The first-order valence-electron chi connectivity index (χ1n) is 4.63. The van der Waals surface area contributed by atoms with Crippen LogP contribution in [0, 0.1) is 12.3 Å². The van der Waals surface area contributed by atoms with Gasteiger partial charge in [0.15, 0.2) is 0 Å². The highest BCUT2D eigenvalue weighted by Gasteiger charge is 2.23. The molecule has 1 rings (SSSR count). The van der Waals surface area contributed by atoms with Crippen LogP contribution in [0.5, 0.6) is 0 Å². The number of terminal acetylenes is 1. The van der Waals surface area contributed by atoms with Gasteiger partial charge in [-0.25, -0.2) is 0 Å². The summed E-state index contributed by atoms with van der Waals surface area (Å²) in [6.07, 6.45) is 8.03. The predicted octanol–water partition coefficient (Wildman–Crippen LogP) is 0.429. The van der Waals surface area contributed by atoms with Crippen molar-refractivity contribution in [2.24, 2.45) is 0 Å². The van der Waals surface area contributed by atoms with E-state index in [1.54, 1.807) is 0 Å². The summed E-state index contributed by atoms with van der Waals surface area (Å²) in [6, 6.07) is 0.153. The van der Waals surface area contributed by atoms with Gasteiger partial charge in [0.2, 0.25) is 5.91 Å². The van der Waals surface area contributed by atoms with Gasteiger partial charge in [-0.1, -0.05) is 0 Å². The Labute approximate surface area is 78.5 Å². The predicted molar refractivity (Wildman–Crippen MR) is 49.9 cm³/mol. The lowest BCUT2D eigenvalue weighted by molar-refractivity contribution is -0.121. The Balaban J connectivity index is 2.18. The van der Waals surface area contributed by atoms with Crippen molar-refractivity contribution >= 4 is 5.91 Å². The van der Waals surface area contributed by atoms with Crippen molar-refractivity contribution in [2.75, 3.05) is 0 Å². The second-order valence-corrected chi connectivity index (χ2v) is 3.44. The molecule has 0 radical (unpaired) electrons. The van der Waals surface area contributed by atoms with Crippen LogP contribution >= 0.6 is 0 Å². The van der Waals surface area contributed by atoms with Gasteiger partial charge < -0.3 is 10.4 Å². The molecule has 1 fully saturated rings. The summed E-state index contributed by atoms with van der Waals surface area (Å²) in [5.74, 6) is 2.42. The van der Waals surface area contributed by atoms with Gasteiger partial charge in [-0.3, -0.25) is 4.79 Å². The highest BCUT2D eigenvalue weighted by Crippen LogP contribution is 2.18. The molecule has 0 aromatic heterocycles. The quantitative estimate of drug-likeness (QED) is 0.620. The second kappa shape index (κ2) is 4.88. The van der Waals surface area contributed by atoms with Crippen molar-refractivity contribution in [2.45, 2.75) is 44.2 Å². The number of carbonyl (C=O) groups is 1. The third-order valence-electron chi connectivity index (χ3n) is 2.27. The van der Waals surface area contributed by atoms with Gasteiger partial charge in [0.1, 0.15) is 0 Å². The van der Waals surface area contributed by atoms with Gasteiger partial charge in [0.05, 0.1) is 6.10 Å². The number of hydrogen-bond acceptors (Lipinski definition) is 2. The molecule has 13 heavy (non-hydrogen) atoms. The summed E-state index contributed by atoms with van der Waals surface area (Å²) in [6.45, 7) is 0. The van der Waals surface area contributed by atoms with E-state index in [0.29, 0.717) is 19.3 Å². The summed E-state index contributed by atoms with van der Waals surface area (Å²) in [5.41, 5.74) is 0. The summed E-state index contributed by atoms with van der Waals surface area (Å²) < 4.78 is 0. The van der Waals surface area contributed by atoms with Crippen LogP contribution in [0.3, 0.4) is 0 Å². The molecular weight excluding hydrogens is 166 g/mol. The summed E-state index contributed by atoms with van der Waals surface area (Å²) >= 11 is 0.